The molecule has 0 aromatic heterocycles. The van der Waals surface area contributed by atoms with Crippen molar-refractivity contribution in [1.82, 2.24) is 9.80 Å². The first-order chi connectivity index (χ1) is 11.4. The molecule has 0 saturated carbocycles. The fourth-order valence-electron chi connectivity index (χ4n) is 2.49. The number of ether oxygens (including phenoxy) is 1. The maximum absolute atomic E-state index is 12.4. The first-order valence-corrected chi connectivity index (χ1v) is 7.75. The number of ketones is 1. The number of rotatable bonds is 7. The Balaban J connectivity index is 2.28. The van der Waals surface area contributed by atoms with Crippen molar-refractivity contribution < 1.29 is 23.9 Å². The molecule has 1 aromatic carbocycles. The standard InChI is InChI=1S/C17H20N2O5/c1-4-5-8-18-15(21)16(22)19(17(18)23)10-13-9-12(11(2)20)6-7-14(13)24-3/h6-7,9H,4-5,8,10H2,1-3H3. The van der Waals surface area contributed by atoms with Crippen LogP contribution in [0.3, 0.4) is 0 Å². The Morgan fingerprint density at radius 2 is 1.79 bits per heavy atom. The number of nitrogens with zero attached hydrogens (tertiary/aromatic N) is 2. The average Bonchev–Trinajstić information content (AvgIpc) is 2.76. The summed E-state index contributed by atoms with van der Waals surface area (Å²) in [5.41, 5.74) is 0.941. The predicted octanol–water partition coefficient (Wildman–Crippen LogP) is 1.99. The number of amides is 4. The third kappa shape index (κ3) is 3.29. The van der Waals surface area contributed by atoms with Crippen LogP contribution in [0, 0.1) is 0 Å². The molecular formula is C17H20N2O5. The van der Waals surface area contributed by atoms with E-state index in [9.17, 15) is 19.2 Å². The van der Waals surface area contributed by atoms with Crippen LogP contribution in [0.1, 0.15) is 42.6 Å². The number of methoxy groups -OCH3 is 1. The molecule has 1 aliphatic rings. The zero-order chi connectivity index (χ0) is 17.9. The molecule has 0 spiro atoms. The molecular weight excluding hydrogens is 312 g/mol. The number of hydrogen-bond donors (Lipinski definition) is 0. The van der Waals surface area contributed by atoms with E-state index >= 15 is 0 Å². The SMILES string of the molecule is CCCCN1C(=O)C(=O)N(Cc2cc(C(C)=O)ccc2OC)C1=O. The molecule has 1 heterocycles. The summed E-state index contributed by atoms with van der Waals surface area (Å²) in [6.07, 6.45) is 1.45. The molecule has 1 aromatic rings. The van der Waals surface area contributed by atoms with Gasteiger partial charge in [0.2, 0.25) is 0 Å². The van der Waals surface area contributed by atoms with Gasteiger partial charge in [-0.15, -0.1) is 0 Å². The zero-order valence-electron chi connectivity index (χ0n) is 14.0. The van der Waals surface area contributed by atoms with Gasteiger partial charge in [0, 0.05) is 17.7 Å². The molecule has 1 saturated heterocycles. The van der Waals surface area contributed by atoms with Crippen molar-refractivity contribution in [3.63, 3.8) is 0 Å². The summed E-state index contributed by atoms with van der Waals surface area (Å²) in [6.45, 7) is 3.47. The van der Waals surface area contributed by atoms with Crippen LogP contribution < -0.4 is 4.74 Å². The Bertz CT molecular complexity index is 698. The zero-order valence-corrected chi connectivity index (χ0v) is 14.0. The maximum Gasteiger partial charge on any atom is 0.334 e. The topological polar surface area (TPSA) is 84.0 Å². The van der Waals surface area contributed by atoms with Crippen LogP contribution in [0.2, 0.25) is 0 Å². The Labute approximate surface area is 140 Å². The third-order valence-corrected chi connectivity index (χ3v) is 3.89. The van der Waals surface area contributed by atoms with Crippen LogP contribution in [0.4, 0.5) is 4.79 Å². The van der Waals surface area contributed by atoms with E-state index in [1.54, 1.807) is 18.2 Å². The van der Waals surface area contributed by atoms with Gasteiger partial charge in [0.25, 0.3) is 0 Å². The van der Waals surface area contributed by atoms with Gasteiger partial charge < -0.3 is 4.74 Å². The summed E-state index contributed by atoms with van der Waals surface area (Å²) in [4.78, 5) is 49.8. The molecule has 0 atom stereocenters. The monoisotopic (exact) mass is 332 g/mol. The lowest BCUT2D eigenvalue weighted by Crippen LogP contribution is -2.33. The van der Waals surface area contributed by atoms with Gasteiger partial charge in [-0.25, -0.2) is 4.79 Å². The van der Waals surface area contributed by atoms with Crippen molar-refractivity contribution in [2.45, 2.75) is 33.2 Å². The largest absolute Gasteiger partial charge is 0.496 e. The summed E-state index contributed by atoms with van der Waals surface area (Å²) in [5, 5.41) is 0. The van der Waals surface area contributed by atoms with Crippen LogP contribution in [-0.4, -0.2) is 47.1 Å². The lowest BCUT2D eigenvalue weighted by molar-refractivity contribution is -0.143. The molecule has 0 aliphatic carbocycles. The average molecular weight is 332 g/mol. The lowest BCUT2D eigenvalue weighted by Gasteiger charge is -2.17. The van der Waals surface area contributed by atoms with Crippen molar-refractivity contribution in [1.29, 1.82) is 0 Å². The van der Waals surface area contributed by atoms with Gasteiger partial charge in [0.05, 0.1) is 13.7 Å². The highest BCUT2D eigenvalue weighted by molar-refractivity contribution is 6.44. The van der Waals surface area contributed by atoms with E-state index in [-0.39, 0.29) is 18.9 Å². The molecule has 0 unspecified atom stereocenters. The fourth-order valence-corrected chi connectivity index (χ4v) is 2.49. The maximum atomic E-state index is 12.4. The number of hydrogen-bond acceptors (Lipinski definition) is 5. The molecule has 7 heteroatoms. The van der Waals surface area contributed by atoms with Gasteiger partial charge in [0.15, 0.2) is 5.78 Å². The Morgan fingerprint density at radius 1 is 1.12 bits per heavy atom. The van der Waals surface area contributed by atoms with Crippen LogP contribution in [-0.2, 0) is 16.1 Å². The first kappa shape index (κ1) is 17.7. The van der Waals surface area contributed by atoms with Gasteiger partial charge >= 0.3 is 17.8 Å². The summed E-state index contributed by atoms with van der Waals surface area (Å²) in [5.74, 6) is -1.36. The minimum Gasteiger partial charge on any atom is -0.496 e. The first-order valence-electron chi connectivity index (χ1n) is 7.75. The van der Waals surface area contributed by atoms with E-state index < -0.39 is 17.8 Å². The molecule has 0 bridgehead atoms. The van der Waals surface area contributed by atoms with E-state index in [0.717, 1.165) is 16.2 Å². The number of carbonyl (C=O) groups excluding carboxylic acids is 4. The Kier molecular flexibility index (Phi) is 5.33. The van der Waals surface area contributed by atoms with E-state index in [1.165, 1.54) is 14.0 Å². The van der Waals surface area contributed by atoms with Crippen LogP contribution >= 0.6 is 0 Å². The van der Waals surface area contributed by atoms with Crippen molar-refractivity contribution in [3.05, 3.63) is 29.3 Å². The third-order valence-electron chi connectivity index (χ3n) is 3.89. The van der Waals surface area contributed by atoms with Crippen molar-refractivity contribution >= 4 is 23.6 Å². The Morgan fingerprint density at radius 3 is 2.38 bits per heavy atom. The highest BCUT2D eigenvalue weighted by Gasteiger charge is 2.44. The van der Waals surface area contributed by atoms with Gasteiger partial charge in [-0.05, 0) is 31.5 Å². The highest BCUT2D eigenvalue weighted by atomic mass is 16.5. The second-order valence-electron chi connectivity index (χ2n) is 5.57. The molecule has 1 fully saturated rings. The van der Waals surface area contributed by atoms with Crippen molar-refractivity contribution in [2.24, 2.45) is 0 Å². The Hall–Kier alpha value is -2.70. The quantitative estimate of drug-likeness (QED) is 0.433. The molecule has 4 amide bonds. The molecule has 2 rings (SSSR count). The van der Waals surface area contributed by atoms with E-state index in [1.807, 2.05) is 6.92 Å². The molecule has 7 nitrogen and oxygen atoms in total. The highest BCUT2D eigenvalue weighted by Crippen LogP contribution is 2.24. The molecule has 1 aliphatic heterocycles. The number of benzene rings is 1. The van der Waals surface area contributed by atoms with Gasteiger partial charge in [-0.1, -0.05) is 13.3 Å². The van der Waals surface area contributed by atoms with Crippen LogP contribution in [0.5, 0.6) is 5.75 Å². The van der Waals surface area contributed by atoms with E-state index in [0.29, 0.717) is 23.3 Å². The number of urea groups is 1. The minimum atomic E-state index is -0.855. The van der Waals surface area contributed by atoms with Crippen molar-refractivity contribution in [2.75, 3.05) is 13.7 Å². The second-order valence-corrected chi connectivity index (χ2v) is 5.57. The van der Waals surface area contributed by atoms with Gasteiger partial charge in [-0.2, -0.15) is 0 Å². The lowest BCUT2D eigenvalue weighted by atomic mass is 10.1. The summed E-state index contributed by atoms with van der Waals surface area (Å²) in [6, 6.07) is 4.15. The summed E-state index contributed by atoms with van der Waals surface area (Å²) >= 11 is 0. The van der Waals surface area contributed by atoms with E-state index in [4.69, 9.17) is 4.74 Å². The summed E-state index contributed by atoms with van der Waals surface area (Å²) < 4.78 is 5.22. The number of Topliss-reactive ketones (excluding diaryl/α,β-unsaturated/α-hetero) is 1. The fraction of sp³-hybridized carbons (Fsp3) is 0.412. The summed E-state index contributed by atoms with van der Waals surface area (Å²) in [7, 11) is 1.46. The minimum absolute atomic E-state index is 0.115. The second kappa shape index (κ2) is 7.25. The smallest absolute Gasteiger partial charge is 0.334 e. The molecule has 24 heavy (non-hydrogen) atoms. The molecule has 0 radical (unpaired) electrons. The number of imide groups is 2. The molecule has 0 N–H and O–H groups in total. The van der Waals surface area contributed by atoms with Crippen LogP contribution in [0.25, 0.3) is 0 Å². The number of unbranched alkanes of at least 4 members (excludes halogenated alkanes) is 1. The van der Waals surface area contributed by atoms with E-state index in [2.05, 4.69) is 0 Å². The van der Waals surface area contributed by atoms with Gasteiger partial charge in [0.1, 0.15) is 5.75 Å². The normalized spacial score (nSPS) is 14.5. The predicted molar refractivity (Wildman–Crippen MR) is 85.6 cm³/mol. The van der Waals surface area contributed by atoms with Gasteiger partial charge in [-0.3, -0.25) is 24.2 Å². The van der Waals surface area contributed by atoms with Crippen LogP contribution in [0.15, 0.2) is 18.2 Å². The number of carbonyl (C=O) groups is 4. The molecule has 128 valence electrons. The van der Waals surface area contributed by atoms with Crippen molar-refractivity contribution in [3.8, 4) is 5.75 Å².